The zero-order valence-electron chi connectivity index (χ0n) is 20.4. The topological polar surface area (TPSA) is 162 Å². The Morgan fingerprint density at radius 1 is 0.486 bits per heavy atom. The molecule has 0 radical (unpaired) electrons. The molecule has 0 fully saturated rings. The second-order valence-electron chi connectivity index (χ2n) is 6.68. The van der Waals surface area contributed by atoms with Crippen LogP contribution in [0, 0.1) is 0 Å². The average molecular weight is 511 g/mol. The molecule has 0 aromatic carbocycles. The molecule has 0 aliphatic heterocycles. The molecule has 0 saturated carbocycles. The van der Waals surface area contributed by atoms with Crippen molar-refractivity contribution in [3.05, 3.63) is 0 Å². The summed E-state index contributed by atoms with van der Waals surface area (Å²) in [6.45, 7) is 6.67. The molecule has 0 saturated heterocycles. The van der Waals surface area contributed by atoms with E-state index in [9.17, 15) is 19.2 Å². The summed E-state index contributed by atoms with van der Waals surface area (Å²) in [6.07, 6.45) is -0.424. The third-order valence-corrected chi connectivity index (χ3v) is 3.90. The number of carbonyl (C=O) groups excluding carboxylic acids is 3. The van der Waals surface area contributed by atoms with E-state index in [4.69, 9.17) is 43.0 Å². The Bertz CT molecular complexity index is 568. The quantitative estimate of drug-likeness (QED) is 0.0942. The van der Waals surface area contributed by atoms with Gasteiger partial charge in [0, 0.05) is 6.42 Å². The SMILES string of the molecule is CCOC(=O)CCOCCOCCOCCOCCOCCOCCOC(=O)CCC(=O)C(=O)O. The van der Waals surface area contributed by atoms with Crippen molar-refractivity contribution < 1.29 is 62.2 Å². The Morgan fingerprint density at radius 2 is 0.857 bits per heavy atom. The van der Waals surface area contributed by atoms with Gasteiger partial charge >= 0.3 is 17.9 Å². The number of ketones is 1. The molecule has 0 bridgehead atoms. The van der Waals surface area contributed by atoms with Crippen LogP contribution < -0.4 is 0 Å². The monoisotopic (exact) mass is 510 g/mol. The molecule has 0 spiro atoms. The van der Waals surface area contributed by atoms with Gasteiger partial charge in [-0.25, -0.2) is 4.79 Å². The summed E-state index contributed by atoms with van der Waals surface area (Å²) in [7, 11) is 0. The fraction of sp³-hybridized carbons (Fsp3) is 0.818. The van der Waals surface area contributed by atoms with E-state index in [1.165, 1.54) is 0 Å². The minimum Gasteiger partial charge on any atom is -0.476 e. The van der Waals surface area contributed by atoms with Crippen LogP contribution in [0.25, 0.3) is 0 Å². The normalized spacial score (nSPS) is 10.8. The fourth-order valence-electron chi connectivity index (χ4n) is 2.20. The smallest absolute Gasteiger partial charge is 0.372 e. The van der Waals surface area contributed by atoms with Gasteiger partial charge in [0.1, 0.15) is 6.61 Å². The van der Waals surface area contributed by atoms with Crippen LogP contribution in [0.1, 0.15) is 26.2 Å². The molecule has 0 aromatic rings. The molecular weight excluding hydrogens is 472 g/mol. The van der Waals surface area contributed by atoms with Gasteiger partial charge in [-0.3, -0.25) is 14.4 Å². The van der Waals surface area contributed by atoms with Crippen LogP contribution in [-0.2, 0) is 57.1 Å². The first-order chi connectivity index (χ1) is 17.0. The maximum absolute atomic E-state index is 11.3. The van der Waals surface area contributed by atoms with Crippen molar-refractivity contribution in [2.75, 3.05) is 92.5 Å². The van der Waals surface area contributed by atoms with Crippen LogP contribution in [0.2, 0.25) is 0 Å². The molecule has 0 unspecified atom stereocenters. The maximum Gasteiger partial charge on any atom is 0.372 e. The van der Waals surface area contributed by atoms with Crippen LogP contribution in [-0.4, -0.2) is 121 Å². The molecule has 0 amide bonds. The lowest BCUT2D eigenvalue weighted by Gasteiger charge is -2.08. The number of hydrogen-bond acceptors (Lipinski definition) is 12. The van der Waals surface area contributed by atoms with Gasteiger partial charge in [-0.2, -0.15) is 0 Å². The van der Waals surface area contributed by atoms with E-state index in [1.807, 2.05) is 0 Å². The summed E-state index contributed by atoms with van der Waals surface area (Å²) in [5.41, 5.74) is 0. The first-order valence-corrected chi connectivity index (χ1v) is 11.5. The molecule has 35 heavy (non-hydrogen) atoms. The maximum atomic E-state index is 11.3. The zero-order chi connectivity index (χ0) is 26.0. The summed E-state index contributed by atoms with van der Waals surface area (Å²) < 4.78 is 41.5. The summed E-state index contributed by atoms with van der Waals surface area (Å²) in [5, 5.41) is 8.40. The number of hydrogen-bond donors (Lipinski definition) is 1. The Balaban J connectivity index is 3.18. The Labute approximate surface area is 205 Å². The highest BCUT2D eigenvalue weighted by Gasteiger charge is 2.14. The van der Waals surface area contributed by atoms with E-state index >= 15 is 0 Å². The zero-order valence-corrected chi connectivity index (χ0v) is 20.4. The molecule has 0 aromatic heterocycles. The third kappa shape index (κ3) is 24.8. The average Bonchev–Trinajstić information content (AvgIpc) is 2.83. The van der Waals surface area contributed by atoms with Crippen molar-refractivity contribution >= 4 is 23.7 Å². The molecule has 0 atom stereocenters. The number of Topliss-reactive ketones (excluding diaryl/α,β-unsaturated/α-hetero) is 1. The van der Waals surface area contributed by atoms with Gasteiger partial charge in [0.15, 0.2) is 0 Å². The molecule has 0 aliphatic carbocycles. The molecule has 13 heteroatoms. The second-order valence-corrected chi connectivity index (χ2v) is 6.68. The molecule has 0 aliphatic rings. The minimum atomic E-state index is -1.56. The van der Waals surface area contributed by atoms with Gasteiger partial charge in [-0.05, 0) is 6.92 Å². The van der Waals surface area contributed by atoms with Gasteiger partial charge in [0.2, 0.25) is 5.78 Å². The first-order valence-electron chi connectivity index (χ1n) is 11.5. The minimum absolute atomic E-state index is 0.0130. The van der Waals surface area contributed by atoms with Gasteiger partial charge in [0.25, 0.3) is 0 Å². The largest absolute Gasteiger partial charge is 0.476 e. The number of carbonyl (C=O) groups is 4. The van der Waals surface area contributed by atoms with E-state index < -0.39 is 17.7 Å². The lowest BCUT2D eigenvalue weighted by Crippen LogP contribution is -2.17. The third-order valence-electron chi connectivity index (χ3n) is 3.90. The molecular formula is C22H38O13. The number of aliphatic carboxylic acids is 1. The summed E-state index contributed by atoms with van der Waals surface area (Å²) in [4.78, 5) is 43.6. The van der Waals surface area contributed by atoms with E-state index in [0.29, 0.717) is 79.3 Å². The number of ether oxygens (including phenoxy) is 8. The second kappa shape index (κ2) is 24.9. The number of esters is 2. The standard InChI is InChI=1S/C22H38O13/c1-2-34-21(25)5-6-28-7-8-29-9-10-30-11-12-31-13-14-32-15-16-33-17-18-35-20(24)4-3-19(23)22(26)27/h2-18H2,1H3,(H,26,27). The van der Waals surface area contributed by atoms with Gasteiger partial charge < -0.3 is 43.0 Å². The lowest BCUT2D eigenvalue weighted by atomic mass is 10.2. The van der Waals surface area contributed by atoms with Crippen LogP contribution in [0.15, 0.2) is 0 Å². The van der Waals surface area contributed by atoms with E-state index in [-0.39, 0.29) is 38.4 Å². The number of carboxylic acid groups (broad SMARTS) is 1. The molecule has 1 N–H and O–H groups in total. The highest BCUT2D eigenvalue weighted by molar-refractivity contribution is 6.32. The highest BCUT2D eigenvalue weighted by Crippen LogP contribution is 1.95. The first kappa shape index (κ1) is 32.8. The number of rotatable bonds is 26. The Morgan fingerprint density at radius 3 is 1.26 bits per heavy atom. The van der Waals surface area contributed by atoms with Crippen LogP contribution >= 0.6 is 0 Å². The Hall–Kier alpha value is -2.16. The van der Waals surface area contributed by atoms with Crippen molar-refractivity contribution in [1.29, 1.82) is 0 Å². The van der Waals surface area contributed by atoms with E-state index in [0.717, 1.165) is 0 Å². The lowest BCUT2D eigenvalue weighted by molar-refractivity contribution is -0.151. The predicted octanol–water partition coefficient (Wildman–Crippen LogP) is 0.0163. The van der Waals surface area contributed by atoms with Crippen molar-refractivity contribution in [2.45, 2.75) is 26.2 Å². The van der Waals surface area contributed by atoms with Gasteiger partial charge in [-0.15, -0.1) is 0 Å². The molecule has 0 heterocycles. The van der Waals surface area contributed by atoms with Crippen molar-refractivity contribution in [3.63, 3.8) is 0 Å². The number of carboxylic acids is 1. The summed E-state index contributed by atoms with van der Waals surface area (Å²) >= 11 is 0. The Kier molecular flexibility index (Phi) is 23.4. The van der Waals surface area contributed by atoms with E-state index in [1.54, 1.807) is 6.92 Å². The van der Waals surface area contributed by atoms with Crippen LogP contribution in [0.3, 0.4) is 0 Å². The molecule has 13 nitrogen and oxygen atoms in total. The summed E-state index contributed by atoms with van der Waals surface area (Å²) in [5.74, 6) is -3.51. The molecule has 204 valence electrons. The fourth-order valence-corrected chi connectivity index (χ4v) is 2.20. The van der Waals surface area contributed by atoms with Crippen molar-refractivity contribution in [3.8, 4) is 0 Å². The van der Waals surface area contributed by atoms with Gasteiger partial charge in [-0.1, -0.05) is 0 Å². The summed E-state index contributed by atoms with van der Waals surface area (Å²) in [6, 6.07) is 0. The van der Waals surface area contributed by atoms with Gasteiger partial charge in [0.05, 0.1) is 98.7 Å². The van der Waals surface area contributed by atoms with Crippen LogP contribution in [0.5, 0.6) is 0 Å². The van der Waals surface area contributed by atoms with Crippen LogP contribution in [0.4, 0.5) is 0 Å². The van der Waals surface area contributed by atoms with Crippen molar-refractivity contribution in [2.24, 2.45) is 0 Å². The van der Waals surface area contributed by atoms with Crippen molar-refractivity contribution in [1.82, 2.24) is 0 Å². The predicted molar refractivity (Wildman–Crippen MR) is 119 cm³/mol. The van der Waals surface area contributed by atoms with E-state index in [2.05, 4.69) is 0 Å². The highest BCUT2D eigenvalue weighted by atomic mass is 16.6. The molecule has 0 rings (SSSR count).